The van der Waals surface area contributed by atoms with Crippen LogP contribution in [0.3, 0.4) is 0 Å². The Bertz CT molecular complexity index is 364. The second-order valence-corrected chi connectivity index (χ2v) is 8.32. The summed E-state index contributed by atoms with van der Waals surface area (Å²) in [6, 6.07) is 0. The number of nitrogens with two attached hydrogens (primary N) is 1. The molecule has 0 bridgehead atoms. The minimum Gasteiger partial charge on any atom is -0.328 e. The van der Waals surface area contributed by atoms with Crippen molar-refractivity contribution in [2.24, 2.45) is 5.73 Å². The Labute approximate surface area is 161 Å². The number of rotatable bonds is 20. The third kappa shape index (κ3) is 20.1. The molecule has 0 amide bonds. The van der Waals surface area contributed by atoms with Gasteiger partial charge in [0.05, 0.1) is 13.2 Å². The van der Waals surface area contributed by atoms with Crippen molar-refractivity contribution in [3.8, 4) is 0 Å². The lowest BCUT2D eigenvalue weighted by Gasteiger charge is -2.11. The molecular formula is C20H42NO4P. The Morgan fingerprint density at radius 2 is 1.23 bits per heavy atom. The summed E-state index contributed by atoms with van der Waals surface area (Å²) < 4.78 is 20.9. The Balaban J connectivity index is 3.24. The van der Waals surface area contributed by atoms with Crippen molar-refractivity contribution in [3.63, 3.8) is 0 Å². The largest absolute Gasteiger partial charge is 0.472 e. The van der Waals surface area contributed by atoms with Crippen LogP contribution >= 0.6 is 7.82 Å². The highest BCUT2D eigenvalue weighted by Gasteiger charge is 2.19. The molecule has 0 radical (unpaired) electrons. The standard InChI is InChI=1S/C20H42NO4P/c1-2-3-4-5-6-7-8-9-10-11-12-13-14-15-16-17-19-24-26(22,23)25-20-18-21/h9-10H,2-8,11-21H2,1H3,(H,22,23)/b10-9+. The van der Waals surface area contributed by atoms with Crippen molar-refractivity contribution in [1.82, 2.24) is 0 Å². The zero-order chi connectivity index (χ0) is 19.3. The van der Waals surface area contributed by atoms with E-state index in [-0.39, 0.29) is 19.8 Å². The number of hydrogen-bond acceptors (Lipinski definition) is 4. The molecule has 0 spiro atoms. The Morgan fingerprint density at radius 1 is 0.769 bits per heavy atom. The first-order chi connectivity index (χ1) is 12.6. The summed E-state index contributed by atoms with van der Waals surface area (Å²) in [4.78, 5) is 9.32. The number of phosphoric acid groups is 1. The minimum atomic E-state index is -3.89. The summed E-state index contributed by atoms with van der Waals surface area (Å²) >= 11 is 0. The molecule has 0 aliphatic carbocycles. The Morgan fingerprint density at radius 3 is 1.77 bits per heavy atom. The fourth-order valence-electron chi connectivity index (χ4n) is 2.73. The summed E-state index contributed by atoms with van der Waals surface area (Å²) in [5.74, 6) is 0. The van der Waals surface area contributed by atoms with Gasteiger partial charge in [-0.3, -0.25) is 9.05 Å². The number of allylic oxidation sites excluding steroid dienone is 2. The maximum Gasteiger partial charge on any atom is 0.472 e. The van der Waals surface area contributed by atoms with Crippen LogP contribution in [0.2, 0.25) is 0 Å². The summed E-state index contributed by atoms with van der Waals surface area (Å²) in [7, 11) is -3.89. The van der Waals surface area contributed by atoms with Crippen LogP contribution in [-0.2, 0) is 13.6 Å². The highest BCUT2D eigenvalue weighted by Crippen LogP contribution is 2.42. The summed E-state index contributed by atoms with van der Waals surface area (Å²) in [6.45, 7) is 2.77. The average Bonchev–Trinajstić information content (AvgIpc) is 2.62. The van der Waals surface area contributed by atoms with Gasteiger partial charge in [-0.1, -0.05) is 76.9 Å². The molecular weight excluding hydrogens is 349 g/mol. The maximum atomic E-state index is 11.4. The molecule has 0 aliphatic heterocycles. The highest BCUT2D eigenvalue weighted by atomic mass is 31.2. The third-order valence-electron chi connectivity index (χ3n) is 4.28. The van der Waals surface area contributed by atoms with Gasteiger partial charge in [0.15, 0.2) is 0 Å². The fourth-order valence-corrected chi connectivity index (χ4v) is 3.51. The van der Waals surface area contributed by atoms with Crippen molar-refractivity contribution in [1.29, 1.82) is 0 Å². The van der Waals surface area contributed by atoms with Crippen molar-refractivity contribution in [2.45, 2.75) is 96.8 Å². The van der Waals surface area contributed by atoms with Gasteiger partial charge >= 0.3 is 7.82 Å². The van der Waals surface area contributed by atoms with Gasteiger partial charge in [0.2, 0.25) is 0 Å². The summed E-state index contributed by atoms with van der Waals surface area (Å²) in [6.07, 6.45) is 22.0. The topological polar surface area (TPSA) is 81.8 Å². The summed E-state index contributed by atoms with van der Waals surface area (Å²) in [5, 5.41) is 0. The van der Waals surface area contributed by atoms with E-state index in [1.807, 2.05) is 0 Å². The first-order valence-corrected chi connectivity index (χ1v) is 12.1. The van der Waals surface area contributed by atoms with E-state index in [4.69, 9.17) is 10.3 Å². The third-order valence-corrected chi connectivity index (χ3v) is 5.30. The monoisotopic (exact) mass is 391 g/mol. The smallest absolute Gasteiger partial charge is 0.328 e. The van der Waals surface area contributed by atoms with Crippen LogP contribution in [0.15, 0.2) is 12.2 Å². The average molecular weight is 392 g/mol. The lowest BCUT2D eigenvalue weighted by Crippen LogP contribution is -2.08. The first-order valence-electron chi connectivity index (χ1n) is 10.6. The van der Waals surface area contributed by atoms with Gasteiger partial charge in [-0.25, -0.2) is 4.57 Å². The lowest BCUT2D eigenvalue weighted by atomic mass is 10.1. The van der Waals surface area contributed by atoms with Crippen molar-refractivity contribution >= 4 is 7.82 Å². The van der Waals surface area contributed by atoms with E-state index in [2.05, 4.69) is 23.6 Å². The number of phosphoric ester groups is 1. The van der Waals surface area contributed by atoms with Crippen LogP contribution in [-0.4, -0.2) is 24.7 Å². The molecule has 156 valence electrons. The van der Waals surface area contributed by atoms with Gasteiger partial charge in [0.25, 0.3) is 0 Å². The molecule has 3 N–H and O–H groups in total. The quantitative estimate of drug-likeness (QED) is 0.148. The molecule has 0 rings (SSSR count). The molecule has 0 aliphatic rings. The Kier molecular flexibility index (Phi) is 19.4. The van der Waals surface area contributed by atoms with E-state index >= 15 is 0 Å². The zero-order valence-corrected chi connectivity index (χ0v) is 17.8. The van der Waals surface area contributed by atoms with Crippen molar-refractivity contribution in [3.05, 3.63) is 12.2 Å². The number of hydrogen-bond donors (Lipinski definition) is 2. The molecule has 26 heavy (non-hydrogen) atoms. The lowest BCUT2D eigenvalue weighted by molar-refractivity contribution is 0.150. The predicted octanol–water partition coefficient (Wildman–Crippen LogP) is 6.12. The van der Waals surface area contributed by atoms with Crippen molar-refractivity contribution < 1.29 is 18.5 Å². The second-order valence-electron chi connectivity index (χ2n) is 6.86. The van der Waals surface area contributed by atoms with Crippen LogP contribution in [0.5, 0.6) is 0 Å². The van der Waals surface area contributed by atoms with Crippen LogP contribution in [0.25, 0.3) is 0 Å². The minimum absolute atomic E-state index is 0.0428. The van der Waals surface area contributed by atoms with Gasteiger partial charge in [-0.05, 0) is 32.1 Å². The molecule has 1 atom stereocenters. The van der Waals surface area contributed by atoms with E-state index in [9.17, 15) is 9.46 Å². The zero-order valence-electron chi connectivity index (χ0n) is 16.9. The second kappa shape index (κ2) is 19.6. The molecule has 0 aromatic heterocycles. The van der Waals surface area contributed by atoms with Gasteiger partial charge in [-0.2, -0.15) is 0 Å². The van der Waals surface area contributed by atoms with Crippen LogP contribution < -0.4 is 5.73 Å². The maximum absolute atomic E-state index is 11.4. The molecule has 1 unspecified atom stereocenters. The predicted molar refractivity (Wildman–Crippen MR) is 110 cm³/mol. The molecule has 0 saturated carbocycles. The van der Waals surface area contributed by atoms with E-state index in [0.717, 1.165) is 19.3 Å². The number of unbranched alkanes of at least 4 members (excludes halogenated alkanes) is 12. The molecule has 0 heterocycles. The van der Waals surface area contributed by atoms with E-state index in [1.54, 1.807) is 0 Å². The molecule has 0 aromatic carbocycles. The fraction of sp³-hybridized carbons (Fsp3) is 0.900. The van der Waals surface area contributed by atoms with E-state index in [0.29, 0.717) is 0 Å². The Hall–Kier alpha value is -0.190. The normalized spacial score (nSPS) is 14.1. The highest BCUT2D eigenvalue weighted by molar-refractivity contribution is 7.47. The molecule has 0 saturated heterocycles. The van der Waals surface area contributed by atoms with Crippen molar-refractivity contribution in [2.75, 3.05) is 19.8 Å². The molecule has 0 fully saturated rings. The van der Waals surface area contributed by atoms with Crippen LogP contribution in [0.4, 0.5) is 0 Å². The molecule has 6 heteroatoms. The molecule has 5 nitrogen and oxygen atoms in total. The summed E-state index contributed by atoms with van der Waals surface area (Å²) in [5.41, 5.74) is 5.21. The van der Waals surface area contributed by atoms with E-state index in [1.165, 1.54) is 70.6 Å². The van der Waals surface area contributed by atoms with E-state index < -0.39 is 7.82 Å². The van der Waals surface area contributed by atoms with Gasteiger partial charge in [0, 0.05) is 6.54 Å². The van der Waals surface area contributed by atoms with Gasteiger partial charge < -0.3 is 10.6 Å². The van der Waals surface area contributed by atoms with Gasteiger partial charge in [0.1, 0.15) is 0 Å². The first kappa shape index (κ1) is 25.8. The van der Waals surface area contributed by atoms with Crippen LogP contribution in [0, 0.1) is 0 Å². The van der Waals surface area contributed by atoms with Crippen LogP contribution in [0.1, 0.15) is 96.8 Å². The van der Waals surface area contributed by atoms with Gasteiger partial charge in [-0.15, -0.1) is 0 Å². The molecule has 0 aromatic rings. The SMILES string of the molecule is CCCCCCCC/C=C/CCCCCCCCOP(=O)(O)OCCN.